The Morgan fingerprint density at radius 3 is 2.19 bits per heavy atom. The van der Waals surface area contributed by atoms with Crippen molar-refractivity contribution in [2.45, 2.75) is 118 Å². The normalized spacial score (nSPS) is 29.3. The van der Waals surface area contributed by atoms with Crippen molar-refractivity contribution in [3.63, 3.8) is 0 Å². The lowest BCUT2D eigenvalue weighted by Crippen LogP contribution is -2.54. The standard InChI is InChI=1S/C51H65N5O14/c1-25-13-12-14-26(2)50(64)53-41-36(21-52-55-27(3)22-54(23-28(55)4)24-34-15-17-35(18-16-34)56(65)66)45(61)38-39(46(41)62)44(60)32(8)48-40(38)49(63)51(10,70-48)68-20-19-37(67-11)29(5)47(69-33(9)57)31(7)43(59)30(6)42(25)58/h12-21,25,27-31,37,42-43,47,58-62H,22-24H2,1-11H3,(H,53,64)/t25-,27-,28+,29-,30-,31-,37+,42-,43-,47-,51-/m0/s1. The number of fused-ring (bicyclic) bond motifs is 14. The van der Waals surface area contributed by atoms with E-state index in [0.29, 0.717) is 19.6 Å². The predicted octanol–water partition coefficient (Wildman–Crippen LogP) is 6.59. The number of aliphatic hydroxyl groups excluding tert-OH is 2. The van der Waals surface area contributed by atoms with Gasteiger partial charge in [-0.05, 0) is 39.3 Å². The number of non-ortho nitro benzene ring substituents is 1. The van der Waals surface area contributed by atoms with Crippen molar-refractivity contribution < 1.29 is 63.8 Å². The maximum absolute atomic E-state index is 14.7. The van der Waals surface area contributed by atoms with Crippen LogP contribution in [0.25, 0.3) is 10.8 Å². The molecule has 6 N–H and O–H groups in total. The summed E-state index contributed by atoms with van der Waals surface area (Å²) in [5, 5.41) is 79.2. The molecule has 4 aliphatic rings. The molecule has 11 atom stereocenters. The van der Waals surface area contributed by atoms with Crippen LogP contribution in [-0.4, -0.2) is 127 Å². The number of Topliss-reactive ketones (excluding diaryl/α,β-unsaturated/α-hetero) is 1. The lowest BCUT2D eigenvalue weighted by molar-refractivity contribution is -0.384. The Hall–Kier alpha value is -6.54. The number of nitrogens with zero attached hydrogens (tertiary/aromatic N) is 4. The van der Waals surface area contributed by atoms with E-state index in [1.54, 1.807) is 57.0 Å². The highest BCUT2D eigenvalue weighted by molar-refractivity contribution is 6.23. The summed E-state index contributed by atoms with van der Waals surface area (Å²) in [5.41, 5.74) is 0.292. The van der Waals surface area contributed by atoms with Crippen molar-refractivity contribution in [1.29, 1.82) is 0 Å². The zero-order valence-electron chi connectivity index (χ0n) is 41.4. The molecule has 4 heterocycles. The lowest BCUT2D eigenvalue weighted by Gasteiger charge is -2.42. The Kier molecular flexibility index (Phi) is 16.0. The molecule has 70 heavy (non-hydrogen) atoms. The highest BCUT2D eigenvalue weighted by atomic mass is 16.7. The number of phenolic OH excluding ortho intramolecular Hbond substituents is 3. The van der Waals surface area contributed by atoms with Crippen molar-refractivity contribution in [1.82, 2.24) is 9.91 Å². The van der Waals surface area contributed by atoms with E-state index in [2.05, 4.69) is 10.2 Å². The molecule has 19 nitrogen and oxygen atoms in total. The molecule has 378 valence electrons. The van der Waals surface area contributed by atoms with Gasteiger partial charge < -0.3 is 49.8 Å². The zero-order valence-corrected chi connectivity index (χ0v) is 41.4. The third kappa shape index (κ3) is 10.5. The molecule has 1 saturated heterocycles. The summed E-state index contributed by atoms with van der Waals surface area (Å²) in [4.78, 5) is 54.0. The Bertz CT molecular complexity index is 2620. The molecule has 3 aromatic carbocycles. The maximum Gasteiger partial charge on any atom is 0.312 e. The van der Waals surface area contributed by atoms with Crippen LogP contribution in [0.2, 0.25) is 0 Å². The Morgan fingerprint density at radius 1 is 0.943 bits per heavy atom. The molecular weight excluding hydrogens is 907 g/mol. The quantitative estimate of drug-likeness (QED) is 0.0364. The molecule has 5 bridgehead atoms. The van der Waals surface area contributed by atoms with Crippen molar-refractivity contribution in [2.24, 2.45) is 28.8 Å². The number of phenols is 3. The number of nitro groups is 1. The number of rotatable bonds is 7. The van der Waals surface area contributed by atoms with Crippen LogP contribution in [0.4, 0.5) is 11.4 Å². The van der Waals surface area contributed by atoms with E-state index in [4.69, 9.17) is 24.0 Å². The number of amides is 1. The van der Waals surface area contributed by atoms with Crippen molar-refractivity contribution in [3.8, 4) is 23.0 Å². The summed E-state index contributed by atoms with van der Waals surface area (Å²) in [6.07, 6.45) is 4.63. The summed E-state index contributed by atoms with van der Waals surface area (Å²) < 4.78 is 23.8. The van der Waals surface area contributed by atoms with Crippen LogP contribution in [0.1, 0.15) is 89.4 Å². The van der Waals surface area contributed by atoms with E-state index in [1.807, 2.05) is 13.8 Å². The molecule has 1 amide bonds. The van der Waals surface area contributed by atoms with E-state index < -0.39 is 93.7 Å². The van der Waals surface area contributed by atoms with Gasteiger partial charge >= 0.3 is 11.8 Å². The molecule has 0 unspecified atom stereocenters. The minimum Gasteiger partial charge on any atom is -0.507 e. The van der Waals surface area contributed by atoms with Crippen LogP contribution in [0.15, 0.2) is 65.5 Å². The minimum absolute atomic E-state index is 0.00438. The predicted molar refractivity (Wildman–Crippen MR) is 261 cm³/mol. The van der Waals surface area contributed by atoms with Crippen molar-refractivity contribution in [3.05, 3.63) is 92.8 Å². The third-order valence-corrected chi connectivity index (χ3v) is 13.9. The van der Waals surface area contributed by atoms with Gasteiger partial charge in [-0.1, -0.05) is 58.1 Å². The van der Waals surface area contributed by atoms with Crippen molar-refractivity contribution >= 4 is 46.0 Å². The number of nitrogens with one attached hydrogen (secondary N) is 1. The van der Waals surface area contributed by atoms with E-state index >= 15 is 0 Å². The molecule has 3 aromatic rings. The fourth-order valence-electron chi connectivity index (χ4n) is 9.76. The Labute approximate surface area is 406 Å². The second kappa shape index (κ2) is 21.2. The van der Waals surface area contributed by atoms with Gasteiger partial charge in [0.2, 0.25) is 0 Å². The average molecular weight is 972 g/mol. The number of hydrogen-bond donors (Lipinski definition) is 6. The molecule has 0 aliphatic carbocycles. The van der Waals surface area contributed by atoms with Gasteiger partial charge in [0, 0.05) is 92.9 Å². The molecule has 0 radical (unpaired) electrons. The first-order valence-electron chi connectivity index (χ1n) is 23.3. The van der Waals surface area contributed by atoms with Gasteiger partial charge in [-0.25, -0.2) is 0 Å². The van der Waals surface area contributed by atoms with Crippen LogP contribution >= 0.6 is 0 Å². The number of benzene rings is 3. The third-order valence-electron chi connectivity index (χ3n) is 13.9. The van der Waals surface area contributed by atoms with Gasteiger partial charge in [0.15, 0.2) is 5.75 Å². The zero-order chi connectivity index (χ0) is 51.7. The first-order chi connectivity index (χ1) is 32.9. The highest BCUT2D eigenvalue weighted by Gasteiger charge is 2.50. The number of methoxy groups -OCH3 is 1. The molecule has 0 aromatic heterocycles. The Morgan fingerprint density at radius 2 is 1.59 bits per heavy atom. The van der Waals surface area contributed by atoms with Gasteiger partial charge in [-0.3, -0.25) is 34.4 Å². The summed E-state index contributed by atoms with van der Waals surface area (Å²) in [6, 6.07) is 5.91. The van der Waals surface area contributed by atoms with E-state index in [9.17, 15) is 50.0 Å². The van der Waals surface area contributed by atoms with Crippen LogP contribution in [-0.2, 0) is 30.3 Å². The Balaban J connectivity index is 1.46. The molecule has 4 aliphatic heterocycles. The minimum atomic E-state index is -2.10. The number of ketones is 1. The van der Waals surface area contributed by atoms with E-state index in [-0.39, 0.29) is 62.2 Å². The molecule has 19 heteroatoms. The molecule has 7 rings (SSSR count). The number of nitro benzene ring substituents is 1. The largest absolute Gasteiger partial charge is 0.507 e. The van der Waals surface area contributed by atoms with E-state index in [1.165, 1.54) is 71.6 Å². The second-order valence-corrected chi connectivity index (χ2v) is 19.1. The summed E-state index contributed by atoms with van der Waals surface area (Å²) in [6.45, 7) is 17.9. The molecule has 1 fully saturated rings. The van der Waals surface area contributed by atoms with Crippen LogP contribution < -0.4 is 10.1 Å². The van der Waals surface area contributed by atoms with E-state index in [0.717, 1.165) is 5.56 Å². The van der Waals surface area contributed by atoms with Gasteiger partial charge in [0.05, 0.1) is 70.0 Å². The van der Waals surface area contributed by atoms with Crippen LogP contribution in [0.5, 0.6) is 23.0 Å². The monoisotopic (exact) mass is 971 g/mol. The van der Waals surface area contributed by atoms with Gasteiger partial charge in [-0.15, -0.1) is 0 Å². The highest BCUT2D eigenvalue weighted by Crippen LogP contribution is 2.55. The number of piperazine rings is 1. The van der Waals surface area contributed by atoms with Crippen LogP contribution in [0, 0.1) is 40.7 Å². The summed E-state index contributed by atoms with van der Waals surface area (Å²) in [7, 11) is 1.43. The first-order valence-corrected chi connectivity index (χ1v) is 23.3. The number of aliphatic hydroxyl groups is 2. The van der Waals surface area contributed by atoms with Crippen molar-refractivity contribution in [2.75, 3.05) is 25.5 Å². The number of aromatic hydroxyl groups is 3. The van der Waals surface area contributed by atoms with Crippen LogP contribution in [0.3, 0.4) is 0 Å². The molecule has 0 spiro atoms. The smallest absolute Gasteiger partial charge is 0.312 e. The van der Waals surface area contributed by atoms with Gasteiger partial charge in [0.25, 0.3) is 17.4 Å². The number of carbonyl (C=O) groups excluding carboxylic acids is 3. The summed E-state index contributed by atoms with van der Waals surface area (Å²) in [5.74, 6) is -8.81. The number of anilines is 1. The SMILES string of the molecule is CO[C@@H]1C=CO[C@@]2(C)Oc3c(C)c(O)c4c(O)c(c(C=NN5[C@H](C)CN(Cc6ccc([N+](=O)[O-])cc6)C[C@@H]5C)c(O)c4c3C2=O)NC(=O)C(C)=CC=C[C@H](C)[C@H](O)[C@H](C)[C@H](O)[C@H](C)[C@@H](OC(C)=O)[C@H]1C. The fourth-order valence-corrected chi connectivity index (χ4v) is 9.76. The number of hydrazone groups is 1. The first kappa shape index (κ1) is 52.8. The number of hydrogen-bond acceptors (Lipinski definition) is 17. The number of esters is 1. The molecule has 0 saturated carbocycles. The molecular formula is C51H65N5O14. The lowest BCUT2D eigenvalue weighted by atomic mass is 9.78. The number of allylic oxidation sites excluding steroid dienone is 2. The number of carbonyl (C=O) groups is 3. The average Bonchev–Trinajstić information content (AvgIpc) is 3.57. The number of ether oxygens (including phenoxy) is 4. The van der Waals surface area contributed by atoms with Gasteiger partial charge in [-0.2, -0.15) is 5.10 Å². The topological polar surface area (TPSA) is 263 Å². The summed E-state index contributed by atoms with van der Waals surface area (Å²) >= 11 is 0. The fraction of sp³-hybridized carbons (Fsp3) is 0.490. The second-order valence-electron chi connectivity index (χ2n) is 19.1. The van der Waals surface area contributed by atoms with Gasteiger partial charge in [0.1, 0.15) is 23.4 Å². The maximum atomic E-state index is 14.7.